The van der Waals surface area contributed by atoms with Gasteiger partial charge in [-0.05, 0) is 0 Å². The van der Waals surface area contributed by atoms with E-state index in [2.05, 4.69) is 10.2 Å². The van der Waals surface area contributed by atoms with Crippen LogP contribution in [-0.4, -0.2) is 21.3 Å². The standard InChI is InChI=1S/C11H7N3O2/c12-6-8-9(11(15)16)10(14-13-8)7-4-2-1-3-5-7/h1-5H,(H,13,14)(H,15,16). The van der Waals surface area contributed by atoms with Crippen LogP contribution in [0.5, 0.6) is 0 Å². The van der Waals surface area contributed by atoms with Crippen LogP contribution in [0.25, 0.3) is 11.3 Å². The molecule has 1 aromatic heterocycles. The fourth-order valence-corrected chi connectivity index (χ4v) is 1.44. The molecule has 2 rings (SSSR count). The summed E-state index contributed by atoms with van der Waals surface area (Å²) in [6, 6.07) is 10.6. The zero-order valence-electron chi connectivity index (χ0n) is 8.14. The molecule has 0 spiro atoms. The zero-order chi connectivity index (χ0) is 11.5. The van der Waals surface area contributed by atoms with Gasteiger partial charge < -0.3 is 5.11 Å². The molecule has 2 N–H and O–H groups in total. The third-order valence-electron chi connectivity index (χ3n) is 2.15. The third-order valence-corrected chi connectivity index (χ3v) is 2.15. The molecule has 0 aliphatic heterocycles. The smallest absolute Gasteiger partial charge is 0.340 e. The second-order valence-electron chi connectivity index (χ2n) is 3.11. The Labute approximate surface area is 91.0 Å². The van der Waals surface area contributed by atoms with Crippen LogP contribution in [0.4, 0.5) is 0 Å². The van der Waals surface area contributed by atoms with E-state index >= 15 is 0 Å². The number of rotatable bonds is 2. The number of carboxylic acids is 1. The van der Waals surface area contributed by atoms with Crippen molar-refractivity contribution in [1.82, 2.24) is 10.2 Å². The van der Waals surface area contributed by atoms with Crippen LogP contribution in [0.3, 0.4) is 0 Å². The van der Waals surface area contributed by atoms with Gasteiger partial charge in [-0.15, -0.1) is 0 Å². The molecule has 78 valence electrons. The zero-order valence-corrected chi connectivity index (χ0v) is 8.14. The summed E-state index contributed by atoms with van der Waals surface area (Å²) in [4.78, 5) is 11.0. The number of aromatic carboxylic acids is 1. The van der Waals surface area contributed by atoms with Gasteiger partial charge in [0.2, 0.25) is 0 Å². The van der Waals surface area contributed by atoms with Crippen LogP contribution in [0, 0.1) is 11.3 Å². The highest BCUT2D eigenvalue weighted by Crippen LogP contribution is 2.23. The van der Waals surface area contributed by atoms with Gasteiger partial charge in [0, 0.05) is 5.56 Å². The van der Waals surface area contributed by atoms with E-state index in [1.165, 1.54) is 0 Å². The molecular formula is C11H7N3O2. The van der Waals surface area contributed by atoms with Gasteiger partial charge in [0.05, 0.1) is 5.69 Å². The molecular weight excluding hydrogens is 206 g/mol. The van der Waals surface area contributed by atoms with E-state index in [0.29, 0.717) is 11.3 Å². The van der Waals surface area contributed by atoms with Gasteiger partial charge in [-0.2, -0.15) is 10.4 Å². The third kappa shape index (κ3) is 1.53. The molecule has 1 aromatic carbocycles. The van der Waals surface area contributed by atoms with Crippen molar-refractivity contribution in [3.05, 3.63) is 41.6 Å². The molecule has 0 saturated heterocycles. The number of hydrogen-bond donors (Lipinski definition) is 2. The first kappa shape index (κ1) is 9.93. The van der Waals surface area contributed by atoms with E-state index in [1.54, 1.807) is 30.3 Å². The van der Waals surface area contributed by atoms with Crippen LogP contribution >= 0.6 is 0 Å². The van der Waals surface area contributed by atoms with E-state index in [0.717, 1.165) is 0 Å². The predicted octanol–water partition coefficient (Wildman–Crippen LogP) is 1.65. The Morgan fingerprint density at radius 3 is 2.62 bits per heavy atom. The lowest BCUT2D eigenvalue weighted by Crippen LogP contribution is -1.99. The second-order valence-corrected chi connectivity index (χ2v) is 3.11. The fourth-order valence-electron chi connectivity index (χ4n) is 1.44. The maximum absolute atomic E-state index is 11.0. The van der Waals surface area contributed by atoms with Gasteiger partial charge in [0.1, 0.15) is 11.6 Å². The summed E-state index contributed by atoms with van der Waals surface area (Å²) in [5.41, 5.74) is 0.846. The molecule has 5 nitrogen and oxygen atoms in total. The van der Waals surface area contributed by atoms with Crippen molar-refractivity contribution >= 4 is 5.97 Å². The van der Waals surface area contributed by atoms with Gasteiger partial charge in [0.15, 0.2) is 5.69 Å². The normalized spacial score (nSPS) is 9.69. The van der Waals surface area contributed by atoms with Gasteiger partial charge >= 0.3 is 5.97 Å². The van der Waals surface area contributed by atoms with E-state index < -0.39 is 5.97 Å². The highest BCUT2D eigenvalue weighted by molar-refractivity contribution is 5.97. The Morgan fingerprint density at radius 2 is 2.06 bits per heavy atom. The topological polar surface area (TPSA) is 89.8 Å². The van der Waals surface area contributed by atoms with Gasteiger partial charge in [-0.25, -0.2) is 4.79 Å². The molecule has 1 heterocycles. The van der Waals surface area contributed by atoms with Gasteiger partial charge in [-0.3, -0.25) is 5.10 Å². The molecule has 0 aliphatic rings. The highest BCUT2D eigenvalue weighted by Gasteiger charge is 2.20. The maximum atomic E-state index is 11.0. The lowest BCUT2D eigenvalue weighted by molar-refractivity contribution is 0.0697. The largest absolute Gasteiger partial charge is 0.478 e. The van der Waals surface area contributed by atoms with E-state index in [-0.39, 0.29) is 11.3 Å². The van der Waals surface area contributed by atoms with Crippen LogP contribution in [0.15, 0.2) is 30.3 Å². The van der Waals surface area contributed by atoms with Crippen molar-refractivity contribution in [2.45, 2.75) is 0 Å². The minimum Gasteiger partial charge on any atom is -0.478 e. The number of benzene rings is 1. The van der Waals surface area contributed by atoms with Gasteiger partial charge in [-0.1, -0.05) is 30.3 Å². The Kier molecular flexibility index (Phi) is 2.40. The van der Waals surface area contributed by atoms with Crippen LogP contribution in [0.2, 0.25) is 0 Å². The summed E-state index contributed by atoms with van der Waals surface area (Å²) < 4.78 is 0. The van der Waals surface area contributed by atoms with Crippen molar-refractivity contribution in [2.24, 2.45) is 0 Å². The fraction of sp³-hybridized carbons (Fsp3) is 0. The number of aromatic nitrogens is 2. The summed E-state index contributed by atoms with van der Waals surface area (Å²) in [6.45, 7) is 0. The van der Waals surface area contributed by atoms with E-state index in [9.17, 15) is 4.79 Å². The predicted molar refractivity (Wildman–Crippen MR) is 55.7 cm³/mol. The van der Waals surface area contributed by atoms with Crippen molar-refractivity contribution in [1.29, 1.82) is 5.26 Å². The van der Waals surface area contributed by atoms with Crippen molar-refractivity contribution < 1.29 is 9.90 Å². The minimum atomic E-state index is -1.16. The molecule has 0 fully saturated rings. The lowest BCUT2D eigenvalue weighted by atomic mass is 10.1. The number of nitrogens with one attached hydrogen (secondary N) is 1. The number of carbonyl (C=O) groups is 1. The van der Waals surface area contributed by atoms with Crippen molar-refractivity contribution in [3.63, 3.8) is 0 Å². The summed E-state index contributed by atoms with van der Waals surface area (Å²) >= 11 is 0. The Bertz CT molecular complexity index is 567. The number of hydrogen-bond acceptors (Lipinski definition) is 3. The molecule has 0 aliphatic carbocycles. The molecule has 0 amide bonds. The monoisotopic (exact) mass is 213 g/mol. The number of H-pyrrole nitrogens is 1. The first-order valence-electron chi connectivity index (χ1n) is 4.51. The first-order valence-corrected chi connectivity index (χ1v) is 4.51. The Morgan fingerprint density at radius 1 is 1.38 bits per heavy atom. The van der Waals surface area contributed by atoms with Crippen LogP contribution < -0.4 is 0 Å². The lowest BCUT2D eigenvalue weighted by Gasteiger charge is -1.98. The average Bonchev–Trinajstić information content (AvgIpc) is 2.73. The quantitative estimate of drug-likeness (QED) is 0.793. The molecule has 0 unspecified atom stereocenters. The summed E-state index contributed by atoms with van der Waals surface area (Å²) in [6.07, 6.45) is 0. The Balaban J connectivity index is 2.64. The van der Waals surface area contributed by atoms with E-state index in [1.807, 2.05) is 6.07 Å². The molecule has 0 bridgehead atoms. The van der Waals surface area contributed by atoms with Crippen molar-refractivity contribution in [3.8, 4) is 17.3 Å². The SMILES string of the molecule is N#Cc1n[nH]c(-c2ccccc2)c1C(=O)O. The number of aromatic amines is 1. The summed E-state index contributed by atoms with van der Waals surface area (Å²) in [7, 11) is 0. The first-order chi connectivity index (χ1) is 7.74. The van der Waals surface area contributed by atoms with Crippen LogP contribution in [0.1, 0.15) is 16.1 Å². The summed E-state index contributed by atoms with van der Waals surface area (Å²) in [5, 5.41) is 24.0. The Hall–Kier alpha value is -2.61. The minimum absolute atomic E-state index is 0.0892. The number of nitriles is 1. The number of nitrogens with zero attached hydrogens (tertiary/aromatic N) is 2. The molecule has 5 heteroatoms. The molecule has 0 saturated carbocycles. The molecule has 16 heavy (non-hydrogen) atoms. The molecule has 2 aromatic rings. The van der Waals surface area contributed by atoms with Gasteiger partial charge in [0.25, 0.3) is 0 Å². The molecule has 0 atom stereocenters. The molecule has 0 radical (unpaired) electrons. The van der Waals surface area contributed by atoms with Crippen LogP contribution in [-0.2, 0) is 0 Å². The summed E-state index contributed by atoms with van der Waals surface area (Å²) in [5.74, 6) is -1.16. The second kappa shape index (κ2) is 3.87. The van der Waals surface area contributed by atoms with Crippen molar-refractivity contribution in [2.75, 3.05) is 0 Å². The maximum Gasteiger partial charge on any atom is 0.340 e. The van der Waals surface area contributed by atoms with E-state index in [4.69, 9.17) is 10.4 Å². The highest BCUT2D eigenvalue weighted by atomic mass is 16.4. The number of carboxylic acid groups (broad SMARTS) is 1. The average molecular weight is 213 g/mol.